The van der Waals surface area contributed by atoms with Gasteiger partial charge in [-0.15, -0.1) is 0 Å². The summed E-state index contributed by atoms with van der Waals surface area (Å²) in [6, 6.07) is 12.3. The molecule has 3 rings (SSSR count). The zero-order chi connectivity index (χ0) is 26.5. The largest absolute Gasteiger partial charge is 0.334 e. The van der Waals surface area contributed by atoms with E-state index >= 15 is 0 Å². The van der Waals surface area contributed by atoms with Gasteiger partial charge in [0.1, 0.15) is 0 Å². The van der Waals surface area contributed by atoms with Crippen molar-refractivity contribution in [3.8, 4) is 0 Å². The van der Waals surface area contributed by atoms with Crippen LogP contribution in [0.15, 0.2) is 42.5 Å². The molecule has 0 saturated carbocycles. The number of halogens is 2. The second-order valence-electron chi connectivity index (χ2n) is 9.93. The number of anilines is 2. The Labute approximate surface area is 225 Å². The highest BCUT2D eigenvalue weighted by atomic mass is 35.5. The normalized spacial score (nSPS) is 16.1. The predicted octanol–water partition coefficient (Wildman–Crippen LogP) is 5.49. The summed E-state index contributed by atoms with van der Waals surface area (Å²) in [5.41, 5.74) is 2.23. The third-order valence-electron chi connectivity index (χ3n) is 6.76. The van der Waals surface area contributed by atoms with Crippen molar-refractivity contribution in [3.63, 3.8) is 0 Å². The van der Waals surface area contributed by atoms with Gasteiger partial charge in [0.05, 0.1) is 22.0 Å². The van der Waals surface area contributed by atoms with Gasteiger partial charge in [0.25, 0.3) is 0 Å². The molecule has 2 aromatic rings. The number of carbonyl (C=O) groups excluding carboxylic acids is 1. The minimum Gasteiger partial charge on any atom is -0.334 e. The Morgan fingerprint density at radius 1 is 1.11 bits per heavy atom. The van der Waals surface area contributed by atoms with E-state index in [-0.39, 0.29) is 18.0 Å². The molecular formula is C26H36Cl2N4O3S. The van der Waals surface area contributed by atoms with Crippen LogP contribution < -0.4 is 14.9 Å². The summed E-state index contributed by atoms with van der Waals surface area (Å²) in [5.74, 6) is 0.858. The van der Waals surface area contributed by atoms with E-state index in [1.165, 1.54) is 16.9 Å². The van der Waals surface area contributed by atoms with Crippen LogP contribution in [0.25, 0.3) is 0 Å². The van der Waals surface area contributed by atoms with E-state index in [1.807, 2.05) is 18.2 Å². The zero-order valence-corrected chi connectivity index (χ0v) is 23.6. The molecule has 2 N–H and O–H groups in total. The fourth-order valence-corrected chi connectivity index (χ4v) is 5.20. The first kappa shape index (κ1) is 28.6. The number of piperidine rings is 1. The number of hydrogen-bond donors (Lipinski definition) is 2. The summed E-state index contributed by atoms with van der Waals surface area (Å²) in [6.07, 6.45) is 4.32. The van der Waals surface area contributed by atoms with Crippen LogP contribution in [-0.2, 0) is 16.4 Å². The molecule has 0 aliphatic carbocycles. The molecule has 0 aromatic heterocycles. The molecule has 36 heavy (non-hydrogen) atoms. The molecule has 1 saturated heterocycles. The Bertz CT molecular complexity index is 1150. The van der Waals surface area contributed by atoms with Gasteiger partial charge in [-0.2, -0.15) is 0 Å². The van der Waals surface area contributed by atoms with Gasteiger partial charge in [0, 0.05) is 25.3 Å². The zero-order valence-electron chi connectivity index (χ0n) is 21.3. The molecule has 0 radical (unpaired) electrons. The molecule has 1 aliphatic rings. The van der Waals surface area contributed by atoms with Gasteiger partial charge < -0.3 is 15.5 Å². The standard InChI is InChI=1S/C26H36Cl2N4O3S/c1-18(2)25(30-26(33)29-21-6-5-7-22(16-21)31(3)36(4,34)35)17-32-12-10-19(11-13-32)14-20-8-9-23(27)24(28)15-20/h5-9,15-16,18-19,25H,10-14,17H2,1-4H3,(H2,29,30,33). The molecule has 0 spiro atoms. The van der Waals surface area contributed by atoms with Gasteiger partial charge in [0.15, 0.2) is 0 Å². The lowest BCUT2D eigenvalue weighted by Gasteiger charge is -2.35. The van der Waals surface area contributed by atoms with E-state index in [1.54, 1.807) is 24.3 Å². The van der Waals surface area contributed by atoms with E-state index < -0.39 is 10.0 Å². The molecule has 7 nitrogen and oxygen atoms in total. The summed E-state index contributed by atoms with van der Waals surface area (Å²) in [5, 5.41) is 7.13. The number of likely N-dealkylation sites (tertiary alicyclic amines) is 1. The summed E-state index contributed by atoms with van der Waals surface area (Å²) in [6.45, 7) is 6.95. The predicted molar refractivity (Wildman–Crippen MR) is 150 cm³/mol. The fraction of sp³-hybridized carbons (Fsp3) is 0.500. The van der Waals surface area contributed by atoms with E-state index in [9.17, 15) is 13.2 Å². The molecule has 1 aliphatic heterocycles. The lowest BCUT2D eigenvalue weighted by atomic mass is 9.89. The highest BCUT2D eigenvalue weighted by molar-refractivity contribution is 7.92. The van der Waals surface area contributed by atoms with Gasteiger partial charge in [-0.25, -0.2) is 13.2 Å². The van der Waals surface area contributed by atoms with Crippen molar-refractivity contribution in [1.29, 1.82) is 0 Å². The number of urea groups is 1. The van der Waals surface area contributed by atoms with Crippen molar-refractivity contribution >= 4 is 50.6 Å². The first-order valence-corrected chi connectivity index (χ1v) is 14.8. The molecule has 1 fully saturated rings. The van der Waals surface area contributed by atoms with Crippen molar-refractivity contribution in [2.45, 2.75) is 39.2 Å². The van der Waals surface area contributed by atoms with E-state index in [0.29, 0.717) is 27.3 Å². The highest BCUT2D eigenvalue weighted by Gasteiger charge is 2.25. The number of benzene rings is 2. The van der Waals surface area contributed by atoms with Crippen molar-refractivity contribution in [2.75, 3.05) is 42.6 Å². The Morgan fingerprint density at radius 2 is 1.81 bits per heavy atom. The van der Waals surface area contributed by atoms with Crippen molar-refractivity contribution < 1.29 is 13.2 Å². The van der Waals surface area contributed by atoms with Crippen LogP contribution in [0.4, 0.5) is 16.2 Å². The maximum atomic E-state index is 12.8. The van der Waals surface area contributed by atoms with Gasteiger partial charge in [0.2, 0.25) is 10.0 Å². The Morgan fingerprint density at radius 3 is 2.42 bits per heavy atom. The summed E-state index contributed by atoms with van der Waals surface area (Å²) in [7, 11) is -1.90. The summed E-state index contributed by atoms with van der Waals surface area (Å²) in [4.78, 5) is 15.2. The molecular weight excluding hydrogens is 519 g/mol. The van der Waals surface area contributed by atoms with Gasteiger partial charge in [-0.3, -0.25) is 4.31 Å². The molecule has 2 amide bonds. The SMILES string of the molecule is CC(C)C(CN1CCC(Cc2ccc(Cl)c(Cl)c2)CC1)NC(=O)Nc1cccc(N(C)S(C)(=O)=O)c1. The second kappa shape index (κ2) is 12.5. The fourth-order valence-electron chi connectivity index (χ4n) is 4.38. The van der Waals surface area contributed by atoms with Gasteiger partial charge in [-0.05, 0) is 80.1 Å². The number of carbonyl (C=O) groups is 1. The van der Waals surface area contributed by atoms with Crippen LogP contribution in [0, 0.1) is 11.8 Å². The summed E-state index contributed by atoms with van der Waals surface area (Å²) >= 11 is 12.2. The van der Waals surface area contributed by atoms with Crippen LogP contribution in [0.2, 0.25) is 10.0 Å². The number of nitrogens with zero attached hydrogens (tertiary/aromatic N) is 2. The molecule has 1 unspecified atom stereocenters. The van der Waals surface area contributed by atoms with Crippen molar-refractivity contribution in [3.05, 3.63) is 58.1 Å². The third kappa shape index (κ3) is 8.26. The lowest BCUT2D eigenvalue weighted by Crippen LogP contribution is -2.49. The Balaban J connectivity index is 1.51. The van der Waals surface area contributed by atoms with Crippen LogP contribution in [0.5, 0.6) is 0 Å². The van der Waals surface area contributed by atoms with Crippen molar-refractivity contribution in [2.24, 2.45) is 11.8 Å². The number of hydrogen-bond acceptors (Lipinski definition) is 4. The Hall–Kier alpha value is -2.00. The molecule has 1 atom stereocenters. The smallest absolute Gasteiger partial charge is 0.319 e. The van der Waals surface area contributed by atoms with Gasteiger partial charge >= 0.3 is 6.03 Å². The molecule has 0 bridgehead atoms. The maximum Gasteiger partial charge on any atom is 0.319 e. The quantitative estimate of drug-likeness (QED) is 0.429. The molecule has 10 heteroatoms. The average molecular weight is 556 g/mol. The van der Waals surface area contributed by atoms with Crippen LogP contribution in [0.3, 0.4) is 0 Å². The first-order valence-electron chi connectivity index (χ1n) is 12.2. The van der Waals surface area contributed by atoms with Crippen LogP contribution in [0.1, 0.15) is 32.3 Å². The number of rotatable bonds is 9. The van der Waals surface area contributed by atoms with E-state index in [0.717, 1.165) is 45.2 Å². The van der Waals surface area contributed by atoms with E-state index in [2.05, 4.69) is 29.4 Å². The number of sulfonamides is 1. The number of nitrogens with one attached hydrogen (secondary N) is 2. The average Bonchev–Trinajstić information content (AvgIpc) is 2.81. The third-order valence-corrected chi connectivity index (χ3v) is 8.70. The minimum absolute atomic E-state index is 0.0153. The topological polar surface area (TPSA) is 81.8 Å². The summed E-state index contributed by atoms with van der Waals surface area (Å²) < 4.78 is 24.8. The first-order chi connectivity index (χ1) is 16.9. The lowest BCUT2D eigenvalue weighted by molar-refractivity contribution is 0.157. The highest BCUT2D eigenvalue weighted by Crippen LogP contribution is 2.27. The number of amides is 2. The van der Waals surface area contributed by atoms with Crippen LogP contribution in [-0.4, -0.2) is 58.3 Å². The molecule has 2 aromatic carbocycles. The van der Waals surface area contributed by atoms with Gasteiger partial charge in [-0.1, -0.05) is 49.2 Å². The minimum atomic E-state index is -3.39. The molecule has 1 heterocycles. The molecule has 198 valence electrons. The second-order valence-corrected chi connectivity index (χ2v) is 12.8. The Kier molecular flexibility index (Phi) is 9.92. The van der Waals surface area contributed by atoms with E-state index in [4.69, 9.17) is 23.2 Å². The van der Waals surface area contributed by atoms with Crippen LogP contribution >= 0.6 is 23.2 Å². The maximum absolute atomic E-state index is 12.8. The monoisotopic (exact) mass is 554 g/mol. The van der Waals surface area contributed by atoms with Crippen molar-refractivity contribution in [1.82, 2.24) is 10.2 Å².